The summed E-state index contributed by atoms with van der Waals surface area (Å²) in [6, 6.07) is 21.3. The first kappa shape index (κ1) is 25.4. The Morgan fingerprint density at radius 1 is 0.917 bits per heavy atom. The number of hydrogen-bond acceptors (Lipinski definition) is 6. The molecule has 1 fully saturated rings. The fourth-order valence-corrected chi connectivity index (χ4v) is 5.28. The molecule has 1 amide bonds. The van der Waals surface area contributed by atoms with Crippen molar-refractivity contribution in [2.45, 2.75) is 11.8 Å². The maximum atomic E-state index is 12.9. The minimum atomic E-state index is -3.67. The lowest BCUT2D eigenvalue weighted by atomic mass is 10.2. The van der Waals surface area contributed by atoms with E-state index in [2.05, 4.69) is 4.90 Å². The van der Waals surface area contributed by atoms with Gasteiger partial charge < -0.3 is 19.3 Å². The first-order valence-electron chi connectivity index (χ1n) is 11.7. The zero-order chi connectivity index (χ0) is 25.7. The number of carbonyl (C=O) groups excluding carboxylic acids is 1. The van der Waals surface area contributed by atoms with E-state index >= 15 is 0 Å². The van der Waals surface area contributed by atoms with Crippen molar-refractivity contribution < 1.29 is 22.7 Å². The molecule has 1 aliphatic rings. The fourth-order valence-electron chi connectivity index (χ4n) is 4.08. The van der Waals surface area contributed by atoms with Gasteiger partial charge in [-0.05, 0) is 55.5 Å². The fraction of sp³-hybridized carbons (Fsp3) is 0.296. The monoisotopic (exact) mass is 509 g/mol. The van der Waals surface area contributed by atoms with Crippen molar-refractivity contribution in [3.63, 3.8) is 0 Å². The van der Waals surface area contributed by atoms with E-state index in [4.69, 9.17) is 9.47 Å². The Bertz CT molecular complexity index is 1290. The third-order valence-corrected chi connectivity index (χ3v) is 8.10. The standard InChI is InChI=1S/C27H31N3O5S/c1-21-8-14-24(15-9-21)36(32,33)28(2)22-10-12-23(13-11-22)35-20-27(31)30-18-16-29(17-19-30)25-6-4-5-7-26(25)34-3/h4-15H,16-20H2,1-3H3. The smallest absolute Gasteiger partial charge is 0.264 e. The molecular weight excluding hydrogens is 478 g/mol. The highest BCUT2D eigenvalue weighted by molar-refractivity contribution is 7.92. The Balaban J connectivity index is 1.30. The highest BCUT2D eigenvalue weighted by Gasteiger charge is 2.24. The minimum absolute atomic E-state index is 0.0779. The van der Waals surface area contributed by atoms with Crippen LogP contribution in [-0.2, 0) is 14.8 Å². The molecule has 1 aliphatic heterocycles. The first-order chi connectivity index (χ1) is 17.3. The van der Waals surface area contributed by atoms with Crippen LogP contribution in [0.3, 0.4) is 0 Å². The van der Waals surface area contributed by atoms with E-state index in [0.717, 1.165) is 17.0 Å². The number of para-hydroxylation sites is 2. The summed E-state index contributed by atoms with van der Waals surface area (Å²) in [6.45, 7) is 4.45. The lowest BCUT2D eigenvalue weighted by molar-refractivity contribution is -0.133. The molecule has 0 saturated carbocycles. The molecular formula is C27H31N3O5S. The highest BCUT2D eigenvalue weighted by Crippen LogP contribution is 2.28. The van der Waals surface area contributed by atoms with E-state index in [-0.39, 0.29) is 17.4 Å². The van der Waals surface area contributed by atoms with Gasteiger partial charge in [-0.15, -0.1) is 0 Å². The predicted molar refractivity (Wildman–Crippen MR) is 140 cm³/mol. The van der Waals surface area contributed by atoms with Crippen LogP contribution < -0.4 is 18.7 Å². The van der Waals surface area contributed by atoms with E-state index in [0.29, 0.717) is 37.6 Å². The van der Waals surface area contributed by atoms with Crippen molar-refractivity contribution in [3.8, 4) is 11.5 Å². The summed E-state index contributed by atoms with van der Waals surface area (Å²) in [4.78, 5) is 16.9. The largest absolute Gasteiger partial charge is 0.495 e. The van der Waals surface area contributed by atoms with Gasteiger partial charge >= 0.3 is 0 Å². The van der Waals surface area contributed by atoms with Gasteiger partial charge in [0.1, 0.15) is 11.5 Å². The predicted octanol–water partition coefficient (Wildman–Crippen LogP) is 3.56. The number of methoxy groups -OCH3 is 1. The van der Waals surface area contributed by atoms with Crippen molar-refractivity contribution >= 4 is 27.3 Å². The van der Waals surface area contributed by atoms with Crippen molar-refractivity contribution in [1.82, 2.24) is 4.90 Å². The zero-order valence-corrected chi connectivity index (χ0v) is 21.6. The second-order valence-electron chi connectivity index (χ2n) is 8.61. The van der Waals surface area contributed by atoms with Gasteiger partial charge in [0.05, 0.1) is 23.4 Å². The molecule has 3 aromatic rings. The van der Waals surface area contributed by atoms with Crippen LogP contribution in [0, 0.1) is 6.92 Å². The molecule has 0 bridgehead atoms. The van der Waals surface area contributed by atoms with Crippen LogP contribution in [0.4, 0.5) is 11.4 Å². The average molecular weight is 510 g/mol. The van der Waals surface area contributed by atoms with Crippen LogP contribution in [0.25, 0.3) is 0 Å². The third kappa shape index (κ3) is 5.57. The first-order valence-corrected chi connectivity index (χ1v) is 13.2. The number of carbonyl (C=O) groups is 1. The van der Waals surface area contributed by atoms with Crippen molar-refractivity contribution in [1.29, 1.82) is 0 Å². The Labute approximate surface area is 212 Å². The summed E-state index contributed by atoms with van der Waals surface area (Å²) in [5, 5.41) is 0. The number of hydrogen-bond donors (Lipinski definition) is 0. The zero-order valence-electron chi connectivity index (χ0n) is 20.8. The Kier molecular flexibility index (Phi) is 7.69. The van der Waals surface area contributed by atoms with Crippen LogP contribution in [0.15, 0.2) is 77.7 Å². The summed E-state index contributed by atoms with van der Waals surface area (Å²) in [5.74, 6) is 1.24. The molecule has 0 spiro atoms. The number of aryl methyl sites for hydroxylation is 1. The summed E-state index contributed by atoms with van der Waals surface area (Å²) in [7, 11) is -0.502. The SMILES string of the molecule is COc1ccccc1N1CCN(C(=O)COc2ccc(N(C)S(=O)(=O)c3ccc(C)cc3)cc2)CC1. The molecule has 8 nitrogen and oxygen atoms in total. The number of rotatable bonds is 8. The molecule has 36 heavy (non-hydrogen) atoms. The van der Waals surface area contributed by atoms with Crippen LogP contribution in [0.2, 0.25) is 0 Å². The highest BCUT2D eigenvalue weighted by atomic mass is 32.2. The van der Waals surface area contributed by atoms with Gasteiger partial charge in [-0.1, -0.05) is 29.8 Å². The van der Waals surface area contributed by atoms with E-state index in [1.807, 2.05) is 31.2 Å². The number of nitrogens with zero attached hydrogens (tertiary/aromatic N) is 3. The molecule has 0 aliphatic carbocycles. The van der Waals surface area contributed by atoms with Gasteiger partial charge in [-0.3, -0.25) is 9.10 Å². The van der Waals surface area contributed by atoms with Gasteiger partial charge in [0.2, 0.25) is 0 Å². The van der Waals surface area contributed by atoms with E-state index in [1.54, 1.807) is 60.5 Å². The van der Waals surface area contributed by atoms with Gasteiger partial charge in [0.15, 0.2) is 6.61 Å². The second kappa shape index (κ2) is 10.9. The van der Waals surface area contributed by atoms with Gasteiger partial charge in [-0.25, -0.2) is 8.42 Å². The topological polar surface area (TPSA) is 79.4 Å². The number of benzene rings is 3. The maximum absolute atomic E-state index is 12.9. The average Bonchev–Trinajstić information content (AvgIpc) is 2.92. The summed E-state index contributed by atoms with van der Waals surface area (Å²) >= 11 is 0. The number of sulfonamides is 1. The molecule has 190 valence electrons. The Morgan fingerprint density at radius 2 is 1.56 bits per heavy atom. The Hall–Kier alpha value is -3.72. The van der Waals surface area contributed by atoms with Crippen molar-refractivity contribution in [3.05, 3.63) is 78.4 Å². The molecule has 0 N–H and O–H groups in total. The minimum Gasteiger partial charge on any atom is -0.495 e. The van der Waals surface area contributed by atoms with E-state index in [9.17, 15) is 13.2 Å². The molecule has 1 heterocycles. The Morgan fingerprint density at radius 3 is 2.19 bits per heavy atom. The van der Waals surface area contributed by atoms with Crippen LogP contribution in [0.5, 0.6) is 11.5 Å². The molecule has 9 heteroatoms. The summed E-state index contributed by atoms with van der Waals surface area (Å²) in [6.07, 6.45) is 0. The van der Waals surface area contributed by atoms with E-state index < -0.39 is 10.0 Å². The molecule has 0 atom stereocenters. The van der Waals surface area contributed by atoms with Crippen molar-refractivity contribution in [2.75, 3.05) is 56.1 Å². The van der Waals surface area contributed by atoms with Gasteiger partial charge in [0.25, 0.3) is 15.9 Å². The summed E-state index contributed by atoms with van der Waals surface area (Å²) in [5.41, 5.74) is 2.52. The van der Waals surface area contributed by atoms with Crippen LogP contribution >= 0.6 is 0 Å². The quantitative estimate of drug-likeness (QED) is 0.462. The van der Waals surface area contributed by atoms with Crippen LogP contribution in [0.1, 0.15) is 5.56 Å². The summed E-state index contributed by atoms with van der Waals surface area (Å²) < 4.78 is 38.2. The number of amides is 1. The third-order valence-electron chi connectivity index (χ3n) is 6.30. The molecule has 0 radical (unpaired) electrons. The molecule has 4 rings (SSSR count). The van der Waals surface area contributed by atoms with Crippen LogP contribution in [-0.4, -0.2) is 66.2 Å². The van der Waals surface area contributed by atoms with E-state index in [1.165, 1.54) is 11.4 Å². The second-order valence-corrected chi connectivity index (χ2v) is 10.6. The molecule has 0 unspecified atom stereocenters. The normalized spacial score (nSPS) is 13.9. The van der Waals surface area contributed by atoms with Crippen molar-refractivity contribution in [2.24, 2.45) is 0 Å². The lowest BCUT2D eigenvalue weighted by Gasteiger charge is -2.36. The number of anilines is 2. The number of piperazine rings is 1. The molecule has 1 saturated heterocycles. The molecule has 0 aromatic heterocycles. The van der Waals surface area contributed by atoms with Gasteiger partial charge in [-0.2, -0.15) is 0 Å². The number of ether oxygens (including phenoxy) is 2. The molecule has 3 aromatic carbocycles. The lowest BCUT2D eigenvalue weighted by Crippen LogP contribution is -2.50. The maximum Gasteiger partial charge on any atom is 0.264 e. The van der Waals surface area contributed by atoms with Gasteiger partial charge in [0, 0.05) is 33.2 Å².